The van der Waals surface area contributed by atoms with Crippen molar-refractivity contribution in [3.8, 4) is 5.75 Å². The zero-order valence-corrected chi connectivity index (χ0v) is 13.9. The molecule has 0 aromatic heterocycles. The molecule has 0 unspecified atom stereocenters. The van der Waals surface area contributed by atoms with Crippen LogP contribution >= 0.6 is 15.9 Å². The predicted molar refractivity (Wildman–Crippen MR) is 84.1 cm³/mol. The molecule has 0 aliphatic carbocycles. The van der Waals surface area contributed by atoms with Crippen molar-refractivity contribution in [2.45, 2.75) is 46.0 Å². The Kier molecular flexibility index (Phi) is 8.35. The molecule has 0 heterocycles. The lowest BCUT2D eigenvalue weighted by molar-refractivity contribution is -0.143. The van der Waals surface area contributed by atoms with Gasteiger partial charge in [0.15, 0.2) is 0 Å². The van der Waals surface area contributed by atoms with Crippen LogP contribution in [-0.2, 0) is 9.53 Å². The summed E-state index contributed by atoms with van der Waals surface area (Å²) >= 11 is 3.46. The van der Waals surface area contributed by atoms with Crippen molar-refractivity contribution in [2.24, 2.45) is 0 Å². The molecule has 0 bridgehead atoms. The van der Waals surface area contributed by atoms with E-state index in [1.165, 1.54) is 5.56 Å². The van der Waals surface area contributed by atoms with Crippen molar-refractivity contribution in [1.82, 2.24) is 0 Å². The molecule has 112 valence electrons. The molecule has 0 amide bonds. The van der Waals surface area contributed by atoms with E-state index in [2.05, 4.69) is 22.0 Å². The number of rotatable bonds is 9. The number of esters is 1. The van der Waals surface area contributed by atoms with Crippen LogP contribution in [-0.4, -0.2) is 19.2 Å². The Hall–Kier alpha value is -1.03. The van der Waals surface area contributed by atoms with E-state index >= 15 is 0 Å². The lowest BCUT2D eigenvalue weighted by Crippen LogP contribution is -2.03. The third kappa shape index (κ3) is 7.53. The molecule has 0 aliphatic rings. The first-order valence-corrected chi connectivity index (χ1v) is 7.96. The average molecular weight is 343 g/mol. The summed E-state index contributed by atoms with van der Waals surface area (Å²) in [7, 11) is 0. The molecule has 20 heavy (non-hydrogen) atoms. The Morgan fingerprint density at radius 1 is 1.15 bits per heavy atom. The van der Waals surface area contributed by atoms with E-state index < -0.39 is 0 Å². The Morgan fingerprint density at radius 3 is 2.60 bits per heavy atom. The van der Waals surface area contributed by atoms with Gasteiger partial charge in [0.25, 0.3) is 0 Å². The number of carbonyl (C=O) groups is 1. The Balaban J connectivity index is 2.06. The number of ether oxygens (including phenoxy) is 2. The molecule has 3 nitrogen and oxygen atoms in total. The molecule has 0 spiro atoms. The molecule has 0 aliphatic heterocycles. The molecule has 0 fully saturated rings. The van der Waals surface area contributed by atoms with Gasteiger partial charge in [-0.2, -0.15) is 0 Å². The third-order valence-electron chi connectivity index (χ3n) is 2.86. The van der Waals surface area contributed by atoms with E-state index in [1.54, 1.807) is 0 Å². The van der Waals surface area contributed by atoms with E-state index in [9.17, 15) is 4.79 Å². The number of halogens is 1. The molecule has 0 saturated heterocycles. The van der Waals surface area contributed by atoms with Crippen LogP contribution in [0.4, 0.5) is 0 Å². The molecule has 0 saturated carbocycles. The number of benzene rings is 1. The van der Waals surface area contributed by atoms with Crippen LogP contribution in [0.15, 0.2) is 22.7 Å². The maximum atomic E-state index is 11.1. The van der Waals surface area contributed by atoms with Gasteiger partial charge in [-0.05, 0) is 50.5 Å². The molecule has 1 rings (SSSR count). The summed E-state index contributed by atoms with van der Waals surface area (Å²) in [6.07, 6.45) is 4.55. The van der Waals surface area contributed by atoms with Gasteiger partial charge in [0.1, 0.15) is 5.75 Å². The van der Waals surface area contributed by atoms with Crippen LogP contribution in [0.5, 0.6) is 5.75 Å². The molecular formula is C16H23BrO3. The predicted octanol–water partition coefficient (Wildman–Crippen LogP) is 4.65. The van der Waals surface area contributed by atoms with Crippen molar-refractivity contribution in [3.63, 3.8) is 0 Å². The van der Waals surface area contributed by atoms with Crippen LogP contribution in [0.2, 0.25) is 0 Å². The zero-order chi connectivity index (χ0) is 14.8. The lowest BCUT2D eigenvalue weighted by Gasteiger charge is -2.07. The van der Waals surface area contributed by atoms with E-state index in [4.69, 9.17) is 9.47 Å². The monoisotopic (exact) mass is 342 g/mol. The van der Waals surface area contributed by atoms with Crippen molar-refractivity contribution >= 4 is 21.9 Å². The number of carbonyl (C=O) groups excluding carboxylic acids is 1. The fourth-order valence-corrected chi connectivity index (χ4v) is 2.52. The number of hydrogen-bond acceptors (Lipinski definition) is 3. The first-order valence-electron chi connectivity index (χ1n) is 7.17. The minimum atomic E-state index is -0.0895. The summed E-state index contributed by atoms with van der Waals surface area (Å²) in [5, 5.41) is 0. The minimum Gasteiger partial charge on any atom is -0.494 e. The molecule has 4 heteroatoms. The summed E-state index contributed by atoms with van der Waals surface area (Å²) in [4.78, 5) is 11.1. The quantitative estimate of drug-likeness (QED) is 0.484. The Morgan fingerprint density at radius 2 is 1.90 bits per heavy atom. The van der Waals surface area contributed by atoms with Gasteiger partial charge in [-0.25, -0.2) is 0 Å². The summed E-state index contributed by atoms with van der Waals surface area (Å²) in [5.74, 6) is 0.816. The first-order chi connectivity index (χ1) is 9.61. The highest BCUT2D eigenvalue weighted by atomic mass is 79.9. The topological polar surface area (TPSA) is 35.5 Å². The van der Waals surface area contributed by atoms with Crippen molar-refractivity contribution in [2.75, 3.05) is 13.2 Å². The summed E-state index contributed by atoms with van der Waals surface area (Å²) in [5.41, 5.74) is 1.18. The lowest BCUT2D eigenvalue weighted by atomic mass is 10.1. The molecule has 0 radical (unpaired) electrons. The maximum Gasteiger partial charge on any atom is 0.305 e. The van der Waals surface area contributed by atoms with Gasteiger partial charge in [0.2, 0.25) is 0 Å². The molecule has 1 aromatic rings. The minimum absolute atomic E-state index is 0.0895. The van der Waals surface area contributed by atoms with Crippen molar-refractivity contribution < 1.29 is 14.3 Å². The molecule has 0 atom stereocenters. The fraction of sp³-hybridized carbons (Fsp3) is 0.562. The standard InChI is InChI=1S/C16H23BrO3/c1-3-19-16(18)8-6-4-5-7-9-20-15-11-13(2)10-14(17)12-15/h10-12H,3-9H2,1-2H3. The Bertz CT molecular complexity index is 398. The fourth-order valence-electron chi connectivity index (χ4n) is 1.93. The summed E-state index contributed by atoms with van der Waals surface area (Å²) in [6, 6.07) is 6.07. The van der Waals surface area contributed by atoms with Gasteiger partial charge in [-0.15, -0.1) is 0 Å². The average Bonchev–Trinajstić information content (AvgIpc) is 2.36. The van der Waals surface area contributed by atoms with Crippen LogP contribution in [0.1, 0.15) is 44.6 Å². The normalized spacial score (nSPS) is 10.3. The summed E-state index contributed by atoms with van der Waals surface area (Å²) in [6.45, 7) is 5.07. The van der Waals surface area contributed by atoms with E-state index in [0.717, 1.165) is 42.5 Å². The highest BCUT2D eigenvalue weighted by Gasteiger charge is 2.01. The summed E-state index contributed by atoms with van der Waals surface area (Å²) < 4.78 is 11.6. The molecular weight excluding hydrogens is 320 g/mol. The van der Waals surface area contributed by atoms with Crippen molar-refractivity contribution in [3.05, 3.63) is 28.2 Å². The molecule has 0 N–H and O–H groups in total. The van der Waals surface area contributed by atoms with Gasteiger partial charge in [-0.3, -0.25) is 4.79 Å². The van der Waals surface area contributed by atoms with Crippen LogP contribution in [0.25, 0.3) is 0 Å². The second-order valence-electron chi connectivity index (χ2n) is 4.78. The van der Waals surface area contributed by atoms with Crippen LogP contribution in [0.3, 0.4) is 0 Å². The van der Waals surface area contributed by atoms with E-state index in [1.807, 2.05) is 26.0 Å². The van der Waals surface area contributed by atoms with Crippen LogP contribution < -0.4 is 4.74 Å². The smallest absolute Gasteiger partial charge is 0.305 e. The maximum absolute atomic E-state index is 11.1. The second kappa shape index (κ2) is 9.81. The third-order valence-corrected chi connectivity index (χ3v) is 3.32. The zero-order valence-electron chi connectivity index (χ0n) is 12.3. The van der Waals surface area contributed by atoms with Gasteiger partial charge in [-0.1, -0.05) is 28.8 Å². The SMILES string of the molecule is CCOC(=O)CCCCCCOc1cc(C)cc(Br)c1. The van der Waals surface area contributed by atoms with Gasteiger partial charge in [0.05, 0.1) is 13.2 Å². The number of unbranched alkanes of at least 4 members (excludes halogenated alkanes) is 3. The highest BCUT2D eigenvalue weighted by molar-refractivity contribution is 9.10. The number of hydrogen-bond donors (Lipinski definition) is 0. The van der Waals surface area contributed by atoms with Gasteiger partial charge in [0, 0.05) is 10.9 Å². The van der Waals surface area contributed by atoms with Gasteiger partial charge < -0.3 is 9.47 Å². The number of aryl methyl sites for hydroxylation is 1. The van der Waals surface area contributed by atoms with Crippen molar-refractivity contribution in [1.29, 1.82) is 0 Å². The second-order valence-corrected chi connectivity index (χ2v) is 5.70. The Labute approximate surface area is 129 Å². The molecule has 1 aromatic carbocycles. The van der Waals surface area contributed by atoms with Gasteiger partial charge >= 0.3 is 5.97 Å². The first kappa shape index (κ1) is 17.0. The van der Waals surface area contributed by atoms with E-state index in [0.29, 0.717) is 13.0 Å². The largest absolute Gasteiger partial charge is 0.494 e. The van der Waals surface area contributed by atoms with E-state index in [-0.39, 0.29) is 5.97 Å². The highest BCUT2D eigenvalue weighted by Crippen LogP contribution is 2.21. The van der Waals surface area contributed by atoms with Crippen LogP contribution in [0, 0.1) is 6.92 Å².